The first-order valence-corrected chi connectivity index (χ1v) is 11.1. The minimum absolute atomic E-state index is 0.254. The van der Waals surface area contributed by atoms with Crippen LogP contribution in [0.2, 0.25) is 0 Å². The number of allylic oxidation sites excluding steroid dienone is 2. The maximum absolute atomic E-state index is 6.09. The fourth-order valence-electron chi connectivity index (χ4n) is 4.23. The molecule has 0 radical (unpaired) electrons. The Hall–Kier alpha value is -3.04. The van der Waals surface area contributed by atoms with Gasteiger partial charge in [-0.1, -0.05) is 30.5 Å². The van der Waals surface area contributed by atoms with E-state index in [9.17, 15) is 0 Å². The van der Waals surface area contributed by atoms with Crippen LogP contribution < -0.4 is 0 Å². The summed E-state index contributed by atoms with van der Waals surface area (Å²) in [6.45, 7) is 12.0. The molecule has 2 aliphatic rings. The summed E-state index contributed by atoms with van der Waals surface area (Å²) in [5, 5.41) is 4.51. The highest BCUT2D eigenvalue weighted by atomic mass is 16.5. The topological polar surface area (TPSA) is 43.2 Å². The van der Waals surface area contributed by atoms with Gasteiger partial charge in [-0.3, -0.25) is 4.98 Å². The van der Waals surface area contributed by atoms with Crippen LogP contribution in [0.4, 0.5) is 0 Å². The van der Waals surface area contributed by atoms with E-state index < -0.39 is 0 Å². The van der Waals surface area contributed by atoms with E-state index in [1.807, 2.05) is 17.1 Å². The number of piperidine rings is 1. The first-order chi connectivity index (χ1) is 14.9. The highest BCUT2D eigenvalue weighted by Gasteiger charge is 2.25. The van der Waals surface area contributed by atoms with Crippen molar-refractivity contribution in [1.29, 1.82) is 0 Å². The van der Waals surface area contributed by atoms with Gasteiger partial charge in [-0.15, -0.1) is 0 Å². The molecule has 0 spiro atoms. The van der Waals surface area contributed by atoms with Crippen molar-refractivity contribution in [3.05, 3.63) is 66.1 Å². The molecule has 0 aliphatic carbocycles. The summed E-state index contributed by atoms with van der Waals surface area (Å²) < 4.78 is 8.01. The van der Waals surface area contributed by atoms with Gasteiger partial charge in [0.2, 0.25) is 5.88 Å². The Bertz CT molecular complexity index is 1030. The van der Waals surface area contributed by atoms with Crippen molar-refractivity contribution in [3.63, 3.8) is 0 Å². The molecule has 0 saturated carbocycles. The van der Waals surface area contributed by atoms with Gasteiger partial charge in [0.1, 0.15) is 5.60 Å². The molecule has 0 aromatic carbocycles. The third kappa shape index (κ3) is 5.18. The second-order valence-electron chi connectivity index (χ2n) is 9.28. The van der Waals surface area contributed by atoms with Gasteiger partial charge in [0.15, 0.2) is 0 Å². The number of ether oxygens (including phenoxy) is 1. The molecule has 0 N–H and O–H groups in total. The van der Waals surface area contributed by atoms with E-state index >= 15 is 0 Å². The molecular formula is C26H32N4O. The minimum Gasteiger partial charge on any atom is -0.468 e. The predicted molar refractivity (Wildman–Crippen MR) is 126 cm³/mol. The lowest BCUT2D eigenvalue weighted by Gasteiger charge is -2.36. The number of fused-ring (bicyclic) bond motifs is 1. The van der Waals surface area contributed by atoms with Crippen LogP contribution in [0, 0.1) is 5.92 Å². The third-order valence-electron chi connectivity index (χ3n) is 5.57. The molecule has 2 aromatic rings. The van der Waals surface area contributed by atoms with Gasteiger partial charge in [-0.25, -0.2) is 4.68 Å². The first-order valence-electron chi connectivity index (χ1n) is 11.1. The number of rotatable bonds is 5. The Balaban J connectivity index is 1.49. The van der Waals surface area contributed by atoms with E-state index in [1.54, 1.807) is 0 Å². The van der Waals surface area contributed by atoms with Crippen LogP contribution >= 0.6 is 0 Å². The zero-order valence-electron chi connectivity index (χ0n) is 18.8. The van der Waals surface area contributed by atoms with Crippen molar-refractivity contribution in [2.45, 2.75) is 52.1 Å². The van der Waals surface area contributed by atoms with Gasteiger partial charge in [0.25, 0.3) is 0 Å². The summed E-state index contributed by atoms with van der Waals surface area (Å²) in [7, 11) is 0. The molecule has 0 bridgehead atoms. The molecule has 5 nitrogen and oxygen atoms in total. The van der Waals surface area contributed by atoms with Gasteiger partial charge in [0.05, 0.1) is 17.6 Å². The lowest BCUT2D eigenvalue weighted by molar-refractivity contribution is -0.00826. The highest BCUT2D eigenvalue weighted by molar-refractivity contribution is 5.72. The smallest absolute Gasteiger partial charge is 0.235 e. The second-order valence-corrected chi connectivity index (χ2v) is 9.28. The maximum Gasteiger partial charge on any atom is 0.235 e. The van der Waals surface area contributed by atoms with E-state index in [4.69, 9.17) is 9.72 Å². The molecule has 4 rings (SSSR count). The number of pyridine rings is 1. The summed E-state index contributed by atoms with van der Waals surface area (Å²) in [5.74, 6) is 1.29. The summed E-state index contributed by atoms with van der Waals surface area (Å²) in [6, 6.07) is 6.32. The van der Waals surface area contributed by atoms with Crippen molar-refractivity contribution >= 4 is 12.3 Å². The Labute approximate surface area is 185 Å². The monoisotopic (exact) mass is 416 g/mol. The minimum atomic E-state index is -0.254. The van der Waals surface area contributed by atoms with Crippen molar-refractivity contribution < 1.29 is 4.74 Å². The van der Waals surface area contributed by atoms with E-state index in [0.717, 1.165) is 60.9 Å². The summed E-state index contributed by atoms with van der Waals surface area (Å²) in [6.07, 6.45) is 14.5. The second kappa shape index (κ2) is 8.99. The molecule has 4 heterocycles. The van der Waals surface area contributed by atoms with Crippen molar-refractivity contribution in [3.8, 4) is 11.3 Å². The average Bonchev–Trinajstić information content (AvgIpc) is 3.00. The number of nitrogens with zero attached hydrogens (tertiary/aromatic N) is 4. The summed E-state index contributed by atoms with van der Waals surface area (Å²) >= 11 is 0. The summed E-state index contributed by atoms with van der Waals surface area (Å²) in [4.78, 5) is 7.28. The van der Waals surface area contributed by atoms with Crippen LogP contribution in [0.25, 0.3) is 23.5 Å². The van der Waals surface area contributed by atoms with E-state index in [2.05, 4.69) is 79.5 Å². The fraction of sp³-hybridized carbons (Fsp3) is 0.423. The Morgan fingerprint density at radius 3 is 2.97 bits per heavy atom. The highest BCUT2D eigenvalue weighted by Crippen LogP contribution is 2.28. The van der Waals surface area contributed by atoms with E-state index in [1.165, 1.54) is 6.42 Å². The molecule has 0 amide bonds. The number of hydrogen-bond donors (Lipinski definition) is 0. The maximum atomic E-state index is 6.09. The number of likely N-dealkylation sites (tertiary alicyclic amines) is 1. The van der Waals surface area contributed by atoms with Crippen molar-refractivity contribution in [2.24, 2.45) is 5.92 Å². The van der Waals surface area contributed by atoms with Crippen LogP contribution in [-0.4, -0.2) is 38.4 Å². The Kier molecular flexibility index (Phi) is 6.15. The van der Waals surface area contributed by atoms with Gasteiger partial charge in [-0.05, 0) is 70.6 Å². The molecule has 1 saturated heterocycles. The van der Waals surface area contributed by atoms with Gasteiger partial charge < -0.3 is 9.64 Å². The standard InChI is InChI=1S/C26H32N4O/c1-5-25(31-26(2,3)4)29-15-10-11-20(19-29)17-21-12-9-13-23(28-21)22-18-27-30-16-8-6-7-14-24(22)30/h7-9,12-14,16,18,20H,1,6,10-11,15,17,19H2,2-4H3/t20-/m0/s1. The Morgan fingerprint density at radius 1 is 1.29 bits per heavy atom. The SMILES string of the molecule is C=C=C(OC(C)(C)C)N1CCC[C@@H](Cc2cccc(-c3cnn4c3C=CCC=C4)n2)C1. The van der Waals surface area contributed by atoms with Crippen LogP contribution in [0.5, 0.6) is 0 Å². The zero-order chi connectivity index (χ0) is 21.8. The molecule has 2 aliphatic heterocycles. The lowest BCUT2D eigenvalue weighted by atomic mass is 9.93. The molecule has 1 atom stereocenters. The molecule has 162 valence electrons. The number of hydrogen-bond acceptors (Lipinski definition) is 4. The van der Waals surface area contributed by atoms with Gasteiger partial charge >= 0.3 is 0 Å². The lowest BCUT2D eigenvalue weighted by Crippen LogP contribution is -2.38. The van der Waals surface area contributed by atoms with E-state index in [-0.39, 0.29) is 5.60 Å². The third-order valence-corrected chi connectivity index (χ3v) is 5.57. The van der Waals surface area contributed by atoms with Crippen LogP contribution in [0.15, 0.2) is 54.7 Å². The van der Waals surface area contributed by atoms with Crippen molar-refractivity contribution in [1.82, 2.24) is 19.7 Å². The average molecular weight is 417 g/mol. The fourth-order valence-corrected chi connectivity index (χ4v) is 4.23. The first kappa shape index (κ1) is 21.2. The predicted octanol–water partition coefficient (Wildman–Crippen LogP) is 5.53. The number of aromatic nitrogens is 3. The molecule has 31 heavy (non-hydrogen) atoms. The molecule has 2 aromatic heterocycles. The van der Waals surface area contributed by atoms with Crippen LogP contribution in [0.1, 0.15) is 51.4 Å². The zero-order valence-corrected chi connectivity index (χ0v) is 18.8. The Morgan fingerprint density at radius 2 is 2.16 bits per heavy atom. The van der Waals surface area contributed by atoms with Gasteiger partial charge in [0, 0.05) is 30.5 Å². The van der Waals surface area contributed by atoms with Gasteiger partial charge in [-0.2, -0.15) is 5.10 Å². The largest absolute Gasteiger partial charge is 0.468 e. The van der Waals surface area contributed by atoms with Crippen LogP contribution in [-0.2, 0) is 11.2 Å². The normalized spacial score (nSPS) is 18.3. The molecule has 5 heteroatoms. The summed E-state index contributed by atoms with van der Waals surface area (Å²) in [5.41, 5.74) is 7.02. The van der Waals surface area contributed by atoms with Crippen molar-refractivity contribution in [2.75, 3.05) is 13.1 Å². The molecule has 1 fully saturated rings. The van der Waals surface area contributed by atoms with E-state index in [0.29, 0.717) is 5.92 Å². The quantitative estimate of drug-likeness (QED) is 0.475. The molecule has 0 unspecified atom stereocenters. The van der Waals surface area contributed by atoms with Crippen LogP contribution in [0.3, 0.4) is 0 Å². The molecular weight excluding hydrogens is 384 g/mol.